The van der Waals surface area contributed by atoms with Gasteiger partial charge in [0.1, 0.15) is 12.4 Å². The van der Waals surface area contributed by atoms with Gasteiger partial charge in [0.05, 0.1) is 6.61 Å². The normalized spacial score (nSPS) is 10.5. The van der Waals surface area contributed by atoms with Gasteiger partial charge in [0, 0.05) is 5.56 Å². The van der Waals surface area contributed by atoms with Crippen LogP contribution in [0.2, 0.25) is 0 Å². The van der Waals surface area contributed by atoms with Gasteiger partial charge in [-0.1, -0.05) is 36.9 Å². The van der Waals surface area contributed by atoms with Crippen LogP contribution in [0.25, 0.3) is 10.8 Å². The van der Waals surface area contributed by atoms with Crippen LogP contribution in [0.1, 0.15) is 12.5 Å². The van der Waals surface area contributed by atoms with E-state index < -0.39 is 0 Å². The minimum absolute atomic E-state index is 0.0210. The van der Waals surface area contributed by atoms with Gasteiger partial charge in [-0.05, 0) is 29.3 Å². The van der Waals surface area contributed by atoms with Gasteiger partial charge >= 0.3 is 0 Å². The Kier molecular flexibility index (Phi) is 3.45. The van der Waals surface area contributed by atoms with Gasteiger partial charge in [0.15, 0.2) is 0 Å². The van der Waals surface area contributed by atoms with E-state index in [4.69, 9.17) is 4.74 Å². The second-order valence-corrected chi connectivity index (χ2v) is 4.17. The molecule has 0 unspecified atom stereocenters. The standard InChI is InChI=1S/C15H16O2/c1-11(2)10-17-15-8-7-12-5-3-4-6-13(12)14(15)9-16/h3-8,16H,1,9-10H2,2H3. The Balaban J connectivity index is 2.45. The van der Waals surface area contributed by atoms with Crippen molar-refractivity contribution < 1.29 is 9.84 Å². The van der Waals surface area contributed by atoms with Crippen LogP contribution in [0.4, 0.5) is 0 Å². The van der Waals surface area contributed by atoms with Crippen LogP contribution in [-0.4, -0.2) is 11.7 Å². The Morgan fingerprint density at radius 3 is 2.71 bits per heavy atom. The molecule has 1 N–H and O–H groups in total. The van der Waals surface area contributed by atoms with Gasteiger partial charge < -0.3 is 9.84 Å². The monoisotopic (exact) mass is 228 g/mol. The van der Waals surface area contributed by atoms with Crippen molar-refractivity contribution in [1.82, 2.24) is 0 Å². The highest BCUT2D eigenvalue weighted by Crippen LogP contribution is 2.28. The molecule has 0 saturated carbocycles. The van der Waals surface area contributed by atoms with E-state index in [9.17, 15) is 5.11 Å². The lowest BCUT2D eigenvalue weighted by Crippen LogP contribution is -2.01. The molecule has 0 radical (unpaired) electrons. The first-order valence-corrected chi connectivity index (χ1v) is 5.61. The van der Waals surface area contributed by atoms with E-state index in [0.717, 1.165) is 27.7 Å². The minimum Gasteiger partial charge on any atom is -0.489 e. The van der Waals surface area contributed by atoms with E-state index in [-0.39, 0.29) is 6.61 Å². The molecule has 2 aromatic carbocycles. The summed E-state index contributed by atoms with van der Waals surface area (Å²) in [6.45, 7) is 6.17. The Hall–Kier alpha value is -1.80. The van der Waals surface area contributed by atoms with Crippen LogP contribution in [0.3, 0.4) is 0 Å². The SMILES string of the molecule is C=C(C)COc1ccc2ccccc2c1CO. The molecule has 0 aliphatic rings. The third-order valence-electron chi connectivity index (χ3n) is 2.63. The van der Waals surface area contributed by atoms with Gasteiger partial charge in [0.25, 0.3) is 0 Å². The fraction of sp³-hybridized carbons (Fsp3) is 0.200. The van der Waals surface area contributed by atoms with Crippen LogP contribution < -0.4 is 4.74 Å². The highest BCUT2D eigenvalue weighted by atomic mass is 16.5. The van der Waals surface area contributed by atoms with Crippen LogP contribution in [-0.2, 0) is 6.61 Å². The summed E-state index contributed by atoms with van der Waals surface area (Å²) in [5.74, 6) is 0.731. The molecule has 2 heteroatoms. The van der Waals surface area contributed by atoms with Crippen molar-refractivity contribution in [3.63, 3.8) is 0 Å². The molecule has 17 heavy (non-hydrogen) atoms. The van der Waals surface area contributed by atoms with Crippen LogP contribution in [0.15, 0.2) is 48.6 Å². The minimum atomic E-state index is -0.0210. The summed E-state index contributed by atoms with van der Waals surface area (Å²) < 4.78 is 5.64. The molecule has 0 spiro atoms. The molecule has 2 nitrogen and oxygen atoms in total. The van der Waals surface area contributed by atoms with E-state index in [1.165, 1.54) is 0 Å². The number of benzene rings is 2. The molecule has 2 rings (SSSR count). The van der Waals surface area contributed by atoms with Gasteiger partial charge in [-0.15, -0.1) is 0 Å². The molecule has 0 aromatic heterocycles. The van der Waals surface area contributed by atoms with Crippen molar-refractivity contribution in [2.45, 2.75) is 13.5 Å². The number of hydrogen-bond acceptors (Lipinski definition) is 2. The van der Waals surface area contributed by atoms with E-state index in [1.807, 2.05) is 43.3 Å². The maximum absolute atomic E-state index is 9.48. The number of fused-ring (bicyclic) bond motifs is 1. The molecule has 0 aliphatic carbocycles. The molecule has 0 saturated heterocycles. The zero-order chi connectivity index (χ0) is 12.3. The van der Waals surface area contributed by atoms with Crippen LogP contribution in [0, 0.1) is 0 Å². The molecular formula is C15H16O2. The number of aliphatic hydroxyl groups excluding tert-OH is 1. The molecule has 0 heterocycles. The molecule has 0 bridgehead atoms. The number of ether oxygens (including phenoxy) is 1. The molecular weight excluding hydrogens is 212 g/mol. The zero-order valence-corrected chi connectivity index (χ0v) is 9.94. The number of hydrogen-bond donors (Lipinski definition) is 1. The molecule has 88 valence electrons. The predicted molar refractivity (Wildman–Crippen MR) is 70.2 cm³/mol. The van der Waals surface area contributed by atoms with E-state index >= 15 is 0 Å². The summed E-state index contributed by atoms with van der Waals surface area (Å²) >= 11 is 0. The zero-order valence-electron chi connectivity index (χ0n) is 9.94. The van der Waals surface area contributed by atoms with Gasteiger partial charge in [0.2, 0.25) is 0 Å². The first kappa shape index (κ1) is 11.7. The summed E-state index contributed by atoms with van der Waals surface area (Å²) in [5, 5.41) is 11.6. The quantitative estimate of drug-likeness (QED) is 0.814. The smallest absolute Gasteiger partial charge is 0.125 e. The topological polar surface area (TPSA) is 29.5 Å². The van der Waals surface area contributed by atoms with E-state index in [0.29, 0.717) is 6.61 Å². The van der Waals surface area contributed by atoms with E-state index in [1.54, 1.807) is 0 Å². The van der Waals surface area contributed by atoms with Crippen molar-refractivity contribution in [2.24, 2.45) is 0 Å². The third-order valence-corrected chi connectivity index (χ3v) is 2.63. The van der Waals surface area contributed by atoms with Crippen LogP contribution in [0.5, 0.6) is 5.75 Å². The summed E-state index contributed by atoms with van der Waals surface area (Å²) in [6.07, 6.45) is 0. The maximum atomic E-state index is 9.48. The lowest BCUT2D eigenvalue weighted by Gasteiger charge is -2.12. The first-order valence-electron chi connectivity index (χ1n) is 5.61. The summed E-state index contributed by atoms with van der Waals surface area (Å²) in [6, 6.07) is 11.9. The highest BCUT2D eigenvalue weighted by molar-refractivity contribution is 5.87. The third kappa shape index (κ3) is 2.48. The average Bonchev–Trinajstić information content (AvgIpc) is 2.35. The lowest BCUT2D eigenvalue weighted by molar-refractivity contribution is 0.270. The summed E-state index contributed by atoms with van der Waals surface area (Å²) in [5.41, 5.74) is 1.80. The Labute approximate surface area is 101 Å². The Morgan fingerprint density at radius 1 is 1.24 bits per heavy atom. The number of rotatable bonds is 4. The molecule has 2 aromatic rings. The Morgan fingerprint density at radius 2 is 2.00 bits per heavy atom. The largest absolute Gasteiger partial charge is 0.489 e. The Bertz CT molecular complexity index is 544. The molecule has 0 amide bonds. The highest BCUT2D eigenvalue weighted by Gasteiger charge is 2.07. The maximum Gasteiger partial charge on any atom is 0.125 e. The second kappa shape index (κ2) is 5.02. The molecule has 0 atom stereocenters. The van der Waals surface area contributed by atoms with Crippen LogP contribution >= 0.6 is 0 Å². The van der Waals surface area contributed by atoms with E-state index in [2.05, 4.69) is 6.58 Å². The van der Waals surface area contributed by atoms with Gasteiger partial charge in [-0.2, -0.15) is 0 Å². The first-order chi connectivity index (χ1) is 8.22. The van der Waals surface area contributed by atoms with Crippen molar-refractivity contribution in [1.29, 1.82) is 0 Å². The predicted octanol–water partition coefficient (Wildman–Crippen LogP) is 3.29. The number of aliphatic hydroxyl groups is 1. The van der Waals surface area contributed by atoms with Gasteiger partial charge in [-0.3, -0.25) is 0 Å². The molecule has 0 fully saturated rings. The van der Waals surface area contributed by atoms with Crippen molar-refractivity contribution in [2.75, 3.05) is 6.61 Å². The fourth-order valence-electron chi connectivity index (χ4n) is 1.82. The lowest BCUT2D eigenvalue weighted by atomic mass is 10.0. The molecule has 0 aliphatic heterocycles. The summed E-state index contributed by atoms with van der Waals surface area (Å²) in [4.78, 5) is 0. The average molecular weight is 228 g/mol. The second-order valence-electron chi connectivity index (χ2n) is 4.17. The van der Waals surface area contributed by atoms with Crippen molar-refractivity contribution in [3.8, 4) is 5.75 Å². The van der Waals surface area contributed by atoms with Crippen molar-refractivity contribution in [3.05, 3.63) is 54.1 Å². The van der Waals surface area contributed by atoms with Crippen molar-refractivity contribution >= 4 is 10.8 Å². The fourth-order valence-corrected chi connectivity index (χ4v) is 1.82. The van der Waals surface area contributed by atoms with Gasteiger partial charge in [-0.25, -0.2) is 0 Å². The summed E-state index contributed by atoms with van der Waals surface area (Å²) in [7, 11) is 0.